The minimum atomic E-state index is -0.616. The van der Waals surface area contributed by atoms with Gasteiger partial charge in [0, 0.05) is 11.1 Å². The summed E-state index contributed by atoms with van der Waals surface area (Å²) in [6, 6.07) is 16.1. The van der Waals surface area contributed by atoms with Crippen molar-refractivity contribution in [3.63, 3.8) is 0 Å². The second-order valence-electron chi connectivity index (χ2n) is 3.90. The first-order valence-electron chi connectivity index (χ1n) is 5.98. The molecule has 0 radical (unpaired) electrons. The van der Waals surface area contributed by atoms with Crippen LogP contribution >= 0.6 is 0 Å². The molecule has 0 heterocycles. The van der Waals surface area contributed by atoms with E-state index in [1.807, 2.05) is 36.4 Å². The Kier molecular flexibility index (Phi) is 4.43. The van der Waals surface area contributed by atoms with Crippen molar-refractivity contribution in [2.75, 3.05) is 5.32 Å². The summed E-state index contributed by atoms with van der Waals surface area (Å²) < 4.78 is 0. The van der Waals surface area contributed by atoms with Crippen LogP contribution in [0.3, 0.4) is 0 Å². The second kappa shape index (κ2) is 6.68. The van der Waals surface area contributed by atoms with Crippen LogP contribution in [0.1, 0.15) is 11.1 Å². The summed E-state index contributed by atoms with van der Waals surface area (Å²) in [5, 5.41) is 2.52. The maximum atomic E-state index is 10.9. The largest absolute Gasteiger partial charge is 0.351 e. The number of primary amides is 1. The highest BCUT2D eigenvalue weighted by Gasteiger charge is 1.99. The Bertz CT molecular complexity index is 728. The molecule has 0 fully saturated rings. The van der Waals surface area contributed by atoms with Crippen LogP contribution in [0.5, 0.6) is 0 Å². The Morgan fingerprint density at radius 2 is 1.55 bits per heavy atom. The van der Waals surface area contributed by atoms with Crippen LogP contribution in [0.4, 0.5) is 10.5 Å². The fraction of sp³-hybridized carbons (Fsp3) is 0. The van der Waals surface area contributed by atoms with E-state index >= 15 is 0 Å². The van der Waals surface area contributed by atoms with Crippen molar-refractivity contribution in [3.05, 3.63) is 65.7 Å². The molecule has 3 N–H and O–H groups in total. The molecule has 0 spiro atoms. The molecule has 2 aromatic carbocycles. The van der Waals surface area contributed by atoms with Gasteiger partial charge in [0.05, 0.1) is 5.69 Å². The summed E-state index contributed by atoms with van der Waals surface area (Å²) in [4.78, 5) is 10.9. The summed E-state index contributed by atoms with van der Waals surface area (Å²) in [6.07, 6.45) is 0. The SMILES string of the molecule is NC(=O)Nc1ccccc1C#CC#Cc1ccccc1. The fourth-order valence-electron chi connectivity index (χ4n) is 1.56. The van der Waals surface area contributed by atoms with Crippen molar-refractivity contribution in [1.29, 1.82) is 0 Å². The van der Waals surface area contributed by atoms with Gasteiger partial charge in [0.2, 0.25) is 0 Å². The average molecular weight is 260 g/mol. The quantitative estimate of drug-likeness (QED) is 0.761. The molecule has 0 aromatic heterocycles. The van der Waals surface area contributed by atoms with Crippen LogP contribution in [0.25, 0.3) is 0 Å². The first-order chi connectivity index (χ1) is 9.75. The highest BCUT2D eigenvalue weighted by molar-refractivity contribution is 5.89. The highest BCUT2D eigenvalue weighted by atomic mass is 16.2. The number of benzene rings is 2. The number of rotatable bonds is 1. The number of nitrogens with one attached hydrogen (secondary N) is 1. The average Bonchev–Trinajstić information content (AvgIpc) is 2.46. The minimum Gasteiger partial charge on any atom is -0.351 e. The first kappa shape index (κ1) is 13.3. The Hall–Kier alpha value is -3.17. The molecule has 0 saturated carbocycles. The molecule has 0 atom stereocenters. The lowest BCUT2D eigenvalue weighted by molar-refractivity contribution is 0.259. The van der Waals surface area contributed by atoms with Crippen molar-refractivity contribution in [2.24, 2.45) is 5.73 Å². The Morgan fingerprint density at radius 3 is 2.30 bits per heavy atom. The van der Waals surface area contributed by atoms with Crippen molar-refractivity contribution in [1.82, 2.24) is 0 Å². The summed E-state index contributed by atoms with van der Waals surface area (Å²) in [7, 11) is 0. The number of carbonyl (C=O) groups excluding carboxylic acids is 1. The number of amides is 2. The molecule has 3 heteroatoms. The lowest BCUT2D eigenvalue weighted by Gasteiger charge is -2.03. The van der Waals surface area contributed by atoms with Gasteiger partial charge < -0.3 is 11.1 Å². The molecule has 0 aliphatic rings. The van der Waals surface area contributed by atoms with Crippen molar-refractivity contribution in [3.8, 4) is 23.7 Å². The molecular formula is C17H12N2O. The van der Waals surface area contributed by atoms with E-state index < -0.39 is 6.03 Å². The van der Waals surface area contributed by atoms with Gasteiger partial charge in [-0.3, -0.25) is 0 Å². The molecule has 0 unspecified atom stereocenters. The van der Waals surface area contributed by atoms with Gasteiger partial charge in [-0.15, -0.1) is 0 Å². The van der Waals surface area contributed by atoms with E-state index in [-0.39, 0.29) is 0 Å². The van der Waals surface area contributed by atoms with E-state index in [4.69, 9.17) is 5.73 Å². The number of para-hydroxylation sites is 1. The van der Waals surface area contributed by atoms with Crippen molar-refractivity contribution >= 4 is 11.7 Å². The summed E-state index contributed by atoms with van der Waals surface area (Å²) in [5.41, 5.74) is 7.26. The third-order valence-electron chi connectivity index (χ3n) is 2.43. The van der Waals surface area contributed by atoms with Crippen LogP contribution in [0.2, 0.25) is 0 Å². The standard InChI is InChI=1S/C17H12N2O/c18-17(20)19-16-13-7-6-12-15(16)11-5-4-10-14-8-2-1-3-9-14/h1-3,6-9,12-13H,(H3,18,19,20). The van der Waals surface area contributed by atoms with E-state index in [1.165, 1.54) is 0 Å². The Morgan fingerprint density at radius 1 is 0.900 bits per heavy atom. The molecule has 0 aliphatic heterocycles. The second-order valence-corrected chi connectivity index (χ2v) is 3.90. The van der Waals surface area contributed by atoms with Crippen LogP contribution in [-0.4, -0.2) is 6.03 Å². The highest BCUT2D eigenvalue weighted by Crippen LogP contribution is 2.12. The zero-order valence-corrected chi connectivity index (χ0v) is 10.7. The van der Waals surface area contributed by atoms with Gasteiger partial charge >= 0.3 is 6.03 Å². The van der Waals surface area contributed by atoms with Gasteiger partial charge in [-0.1, -0.05) is 42.2 Å². The fourth-order valence-corrected chi connectivity index (χ4v) is 1.56. The van der Waals surface area contributed by atoms with Crippen LogP contribution < -0.4 is 11.1 Å². The first-order valence-corrected chi connectivity index (χ1v) is 5.98. The molecule has 20 heavy (non-hydrogen) atoms. The van der Waals surface area contributed by atoms with Crippen LogP contribution in [0, 0.1) is 23.7 Å². The van der Waals surface area contributed by atoms with Gasteiger partial charge in [0.15, 0.2) is 0 Å². The minimum absolute atomic E-state index is 0.578. The number of hydrogen-bond donors (Lipinski definition) is 2. The molecule has 0 aliphatic carbocycles. The number of nitrogens with two attached hydrogens (primary N) is 1. The van der Waals surface area contributed by atoms with Gasteiger partial charge in [-0.25, -0.2) is 4.79 Å². The third-order valence-corrected chi connectivity index (χ3v) is 2.43. The van der Waals surface area contributed by atoms with E-state index in [1.54, 1.807) is 18.2 Å². The maximum absolute atomic E-state index is 10.9. The summed E-state index contributed by atoms with van der Waals surface area (Å²) in [5.74, 6) is 11.4. The van der Waals surface area contributed by atoms with Gasteiger partial charge in [-0.05, 0) is 36.1 Å². The predicted octanol–water partition coefficient (Wildman–Crippen LogP) is 2.58. The van der Waals surface area contributed by atoms with Crippen molar-refractivity contribution in [2.45, 2.75) is 0 Å². The Balaban J connectivity index is 2.18. The topological polar surface area (TPSA) is 55.1 Å². The molecular weight excluding hydrogens is 248 g/mol. The monoisotopic (exact) mass is 260 g/mol. The molecule has 2 aromatic rings. The molecule has 0 saturated heterocycles. The number of hydrogen-bond acceptors (Lipinski definition) is 1. The number of carbonyl (C=O) groups is 1. The molecule has 2 amide bonds. The smallest absolute Gasteiger partial charge is 0.316 e. The molecule has 96 valence electrons. The number of urea groups is 1. The van der Waals surface area contributed by atoms with Gasteiger partial charge in [0.1, 0.15) is 0 Å². The van der Waals surface area contributed by atoms with E-state index in [0.29, 0.717) is 11.3 Å². The maximum Gasteiger partial charge on any atom is 0.316 e. The Labute approximate surface area is 117 Å². The van der Waals surface area contributed by atoms with E-state index in [2.05, 4.69) is 29.0 Å². The zero-order chi connectivity index (χ0) is 14.2. The van der Waals surface area contributed by atoms with Gasteiger partial charge in [0.25, 0.3) is 0 Å². The molecule has 0 bridgehead atoms. The lowest BCUT2D eigenvalue weighted by Crippen LogP contribution is -2.19. The predicted molar refractivity (Wildman–Crippen MR) is 79.8 cm³/mol. The molecule has 2 rings (SSSR count). The summed E-state index contributed by atoms with van der Waals surface area (Å²) >= 11 is 0. The van der Waals surface area contributed by atoms with Crippen LogP contribution in [-0.2, 0) is 0 Å². The van der Waals surface area contributed by atoms with E-state index in [0.717, 1.165) is 5.56 Å². The zero-order valence-electron chi connectivity index (χ0n) is 10.7. The summed E-state index contributed by atoms with van der Waals surface area (Å²) in [6.45, 7) is 0. The van der Waals surface area contributed by atoms with E-state index in [9.17, 15) is 4.79 Å². The van der Waals surface area contributed by atoms with Crippen LogP contribution in [0.15, 0.2) is 54.6 Å². The lowest BCUT2D eigenvalue weighted by atomic mass is 10.2. The number of anilines is 1. The third kappa shape index (κ3) is 3.94. The molecule has 3 nitrogen and oxygen atoms in total. The van der Waals surface area contributed by atoms with Crippen molar-refractivity contribution < 1.29 is 4.79 Å². The normalized spacial score (nSPS) is 8.60. The van der Waals surface area contributed by atoms with Gasteiger partial charge in [-0.2, -0.15) is 0 Å².